The molecule has 0 saturated heterocycles. The number of rotatable bonds is 4. The highest BCUT2D eigenvalue weighted by Crippen LogP contribution is 2.39. The van der Waals surface area contributed by atoms with Crippen LogP contribution in [0, 0.1) is 11.3 Å². The van der Waals surface area contributed by atoms with E-state index in [0.717, 1.165) is 0 Å². The minimum Gasteiger partial charge on any atom is -0.410 e. The molecule has 118 valence electrons. The van der Waals surface area contributed by atoms with Gasteiger partial charge in [-0.15, -0.1) is 11.8 Å². The third kappa shape index (κ3) is 6.88. The van der Waals surface area contributed by atoms with E-state index in [9.17, 15) is 10.0 Å². The third-order valence-electron chi connectivity index (χ3n) is 2.53. The smallest absolute Gasteiger partial charge is 0.230 e. The highest BCUT2D eigenvalue weighted by atomic mass is 32.2. The molecule has 1 amide bonds. The molecule has 0 aliphatic rings. The fourth-order valence-corrected chi connectivity index (χ4v) is 5.20. The van der Waals surface area contributed by atoms with Gasteiger partial charge in [-0.05, 0) is 12.3 Å². The zero-order chi connectivity index (χ0) is 16.1. The van der Waals surface area contributed by atoms with Crippen LogP contribution < -0.4 is 5.32 Å². The summed E-state index contributed by atoms with van der Waals surface area (Å²) in [6, 6.07) is 0. The number of hydrogen-bond donors (Lipinski definition) is 2. The fourth-order valence-electron chi connectivity index (χ4n) is 1.86. The molecule has 0 aliphatic heterocycles. The second-order valence-electron chi connectivity index (χ2n) is 6.77. The first-order chi connectivity index (χ1) is 8.92. The predicted octanol–water partition coefficient (Wildman–Crippen LogP) is 3.79. The Labute approximate surface area is 131 Å². The van der Waals surface area contributed by atoms with E-state index in [-0.39, 0.29) is 20.7 Å². The van der Waals surface area contributed by atoms with Gasteiger partial charge in [0.2, 0.25) is 5.91 Å². The SMILES string of the molecule is CNC(=O)C(/C(=N/O)SC(C)SC(C)(C)C)C(C)(C)C. The summed E-state index contributed by atoms with van der Waals surface area (Å²) in [5.74, 6) is -0.573. The highest BCUT2D eigenvalue weighted by molar-refractivity contribution is 8.25. The van der Waals surface area contributed by atoms with Crippen LogP contribution in [0.25, 0.3) is 0 Å². The Morgan fingerprint density at radius 3 is 2.00 bits per heavy atom. The molecule has 0 aromatic heterocycles. The molecule has 0 radical (unpaired) electrons. The molecule has 0 spiro atoms. The number of nitrogens with one attached hydrogen (secondary N) is 1. The summed E-state index contributed by atoms with van der Waals surface area (Å²) in [7, 11) is 1.61. The maximum Gasteiger partial charge on any atom is 0.230 e. The Morgan fingerprint density at radius 1 is 1.20 bits per heavy atom. The van der Waals surface area contributed by atoms with Gasteiger partial charge in [0.05, 0.1) is 10.5 Å². The van der Waals surface area contributed by atoms with Gasteiger partial charge < -0.3 is 10.5 Å². The van der Waals surface area contributed by atoms with Crippen LogP contribution in [0.4, 0.5) is 0 Å². The van der Waals surface area contributed by atoms with E-state index in [2.05, 4.69) is 38.2 Å². The van der Waals surface area contributed by atoms with Crippen molar-refractivity contribution in [2.75, 3.05) is 7.05 Å². The maximum absolute atomic E-state index is 12.1. The van der Waals surface area contributed by atoms with E-state index >= 15 is 0 Å². The minimum absolute atomic E-state index is 0.120. The number of hydrogen-bond acceptors (Lipinski definition) is 5. The maximum atomic E-state index is 12.1. The summed E-state index contributed by atoms with van der Waals surface area (Å²) >= 11 is 3.24. The zero-order valence-electron chi connectivity index (χ0n) is 13.8. The van der Waals surface area contributed by atoms with Crippen LogP contribution in [0.1, 0.15) is 48.5 Å². The monoisotopic (exact) mass is 320 g/mol. The fraction of sp³-hybridized carbons (Fsp3) is 0.857. The van der Waals surface area contributed by atoms with E-state index in [0.29, 0.717) is 5.04 Å². The van der Waals surface area contributed by atoms with Crippen molar-refractivity contribution in [2.45, 2.75) is 57.8 Å². The van der Waals surface area contributed by atoms with Crippen LogP contribution in [0.5, 0.6) is 0 Å². The Bertz CT molecular complexity index is 357. The zero-order valence-corrected chi connectivity index (χ0v) is 15.4. The molecule has 2 N–H and O–H groups in total. The van der Waals surface area contributed by atoms with Gasteiger partial charge >= 0.3 is 0 Å². The highest BCUT2D eigenvalue weighted by Gasteiger charge is 2.37. The van der Waals surface area contributed by atoms with Crippen LogP contribution in [0.2, 0.25) is 0 Å². The number of oxime groups is 1. The standard InChI is InChI=1S/C14H28N2O2S2/c1-9(20-14(5,6)7)19-12(16-18)10(11(17)15-8)13(2,3)4/h9-10,18H,1-8H3,(H,15,17)/b16-12-. The van der Waals surface area contributed by atoms with Gasteiger partial charge in [-0.2, -0.15) is 0 Å². The Kier molecular flexibility index (Phi) is 7.46. The second kappa shape index (κ2) is 7.59. The molecule has 0 aliphatic carbocycles. The molecule has 0 heterocycles. The lowest BCUT2D eigenvalue weighted by molar-refractivity contribution is -0.124. The first kappa shape index (κ1) is 19.6. The van der Waals surface area contributed by atoms with Crippen LogP contribution in [-0.2, 0) is 4.79 Å². The largest absolute Gasteiger partial charge is 0.410 e. The van der Waals surface area contributed by atoms with E-state index < -0.39 is 5.92 Å². The van der Waals surface area contributed by atoms with E-state index in [1.54, 1.807) is 18.8 Å². The quantitative estimate of drug-likeness (QED) is 0.272. The molecule has 6 heteroatoms. The van der Waals surface area contributed by atoms with Gasteiger partial charge in [-0.3, -0.25) is 4.79 Å². The number of nitrogens with zero attached hydrogens (tertiary/aromatic N) is 1. The number of carbonyl (C=O) groups is 1. The van der Waals surface area contributed by atoms with E-state index in [1.807, 2.05) is 20.8 Å². The van der Waals surface area contributed by atoms with Gasteiger partial charge in [0.15, 0.2) is 0 Å². The number of carbonyl (C=O) groups excluding carboxylic acids is 1. The van der Waals surface area contributed by atoms with Gasteiger partial charge in [-0.25, -0.2) is 0 Å². The molecular weight excluding hydrogens is 292 g/mol. The van der Waals surface area contributed by atoms with Crippen molar-refractivity contribution < 1.29 is 10.0 Å². The van der Waals surface area contributed by atoms with E-state index in [4.69, 9.17) is 0 Å². The summed E-state index contributed by atoms with van der Waals surface area (Å²) in [5.41, 5.74) is -0.305. The molecule has 0 aromatic rings. The Morgan fingerprint density at radius 2 is 1.70 bits per heavy atom. The van der Waals surface area contributed by atoms with Gasteiger partial charge in [-0.1, -0.05) is 58.5 Å². The third-order valence-corrected chi connectivity index (χ3v) is 5.03. The van der Waals surface area contributed by atoms with E-state index in [1.165, 1.54) is 11.8 Å². The van der Waals surface area contributed by atoms with Crippen molar-refractivity contribution in [3.05, 3.63) is 0 Å². The molecule has 0 bridgehead atoms. The average molecular weight is 321 g/mol. The van der Waals surface area contributed by atoms with Crippen molar-refractivity contribution in [1.82, 2.24) is 5.32 Å². The minimum atomic E-state index is -0.453. The first-order valence-corrected chi connectivity index (χ1v) is 8.46. The van der Waals surface area contributed by atoms with Crippen LogP contribution in [-0.4, -0.2) is 32.5 Å². The molecule has 2 atom stereocenters. The lowest BCUT2D eigenvalue weighted by Gasteiger charge is -2.31. The lowest BCUT2D eigenvalue weighted by Crippen LogP contribution is -2.41. The number of amides is 1. The molecule has 0 fully saturated rings. The van der Waals surface area contributed by atoms with Gasteiger partial charge in [0, 0.05) is 11.8 Å². The average Bonchev–Trinajstić information content (AvgIpc) is 2.23. The first-order valence-electron chi connectivity index (χ1n) is 6.70. The van der Waals surface area contributed by atoms with Crippen molar-refractivity contribution >= 4 is 34.5 Å². The Hall–Kier alpha value is -0.360. The summed E-state index contributed by atoms with van der Waals surface area (Å²) in [6.45, 7) is 14.4. The van der Waals surface area contributed by atoms with Crippen molar-refractivity contribution in [2.24, 2.45) is 16.5 Å². The molecule has 0 rings (SSSR count). The Balaban J connectivity index is 5.09. The molecule has 20 heavy (non-hydrogen) atoms. The summed E-state index contributed by atoms with van der Waals surface area (Å²) in [4.78, 5) is 12.1. The lowest BCUT2D eigenvalue weighted by atomic mass is 9.80. The number of thioether (sulfide) groups is 2. The normalized spacial score (nSPS) is 16.7. The molecule has 0 saturated carbocycles. The summed E-state index contributed by atoms with van der Waals surface area (Å²) < 4.78 is 0.326. The van der Waals surface area contributed by atoms with Gasteiger partial charge in [0.1, 0.15) is 5.04 Å². The van der Waals surface area contributed by atoms with Crippen molar-refractivity contribution in [3.8, 4) is 0 Å². The molecule has 0 aromatic carbocycles. The van der Waals surface area contributed by atoms with Crippen molar-refractivity contribution in [3.63, 3.8) is 0 Å². The van der Waals surface area contributed by atoms with Gasteiger partial charge in [0.25, 0.3) is 0 Å². The molecule has 2 unspecified atom stereocenters. The topological polar surface area (TPSA) is 61.7 Å². The van der Waals surface area contributed by atoms with Crippen LogP contribution in [0.3, 0.4) is 0 Å². The molecular formula is C14H28N2O2S2. The summed E-state index contributed by atoms with van der Waals surface area (Å²) in [6.07, 6.45) is 0. The predicted molar refractivity (Wildman–Crippen MR) is 90.6 cm³/mol. The molecule has 4 nitrogen and oxygen atoms in total. The van der Waals surface area contributed by atoms with Crippen LogP contribution >= 0.6 is 23.5 Å². The van der Waals surface area contributed by atoms with Crippen LogP contribution in [0.15, 0.2) is 5.16 Å². The second-order valence-corrected chi connectivity index (χ2v) is 10.6. The van der Waals surface area contributed by atoms with Crippen molar-refractivity contribution in [1.29, 1.82) is 0 Å². The summed E-state index contributed by atoms with van der Waals surface area (Å²) in [5, 5.41) is 15.9.